The number of amides is 1. The molecule has 0 saturated carbocycles. The molecule has 0 aliphatic carbocycles. The highest BCUT2D eigenvalue weighted by Crippen LogP contribution is 2.45. The third-order valence-electron chi connectivity index (χ3n) is 6.27. The number of carbonyl (C=O) groups excluding carboxylic acids is 1. The largest absolute Gasteiger partial charge is 0.495 e. The Kier molecular flexibility index (Phi) is 7.79. The van der Waals surface area contributed by atoms with Crippen molar-refractivity contribution in [2.24, 2.45) is 14.1 Å². The Bertz CT molecular complexity index is 1910. The highest BCUT2D eigenvalue weighted by Gasteiger charge is 2.23. The monoisotopic (exact) mass is 607 g/mol. The molecule has 42 heavy (non-hydrogen) atoms. The van der Waals surface area contributed by atoms with Gasteiger partial charge in [-0.2, -0.15) is 9.78 Å². The Hall–Kier alpha value is -5.01. The number of benzene rings is 2. The van der Waals surface area contributed by atoms with Crippen LogP contribution in [0.1, 0.15) is 0 Å². The van der Waals surface area contributed by atoms with Gasteiger partial charge in [-0.15, -0.1) is 10.2 Å². The molecule has 5 rings (SSSR count). The summed E-state index contributed by atoms with van der Waals surface area (Å²) in [5.74, 6) is 0.712. The van der Waals surface area contributed by atoms with Gasteiger partial charge in [-0.1, -0.05) is 29.8 Å². The Morgan fingerprint density at radius 2 is 1.76 bits per heavy atom. The lowest BCUT2D eigenvalue weighted by molar-refractivity contribution is -0.111. The minimum atomic E-state index is -0.428. The fraction of sp³-hybridized carbons (Fsp3) is 0.148. The summed E-state index contributed by atoms with van der Waals surface area (Å²) in [5, 5.41) is 18.8. The zero-order chi connectivity index (χ0) is 30.1. The average Bonchev–Trinajstić information content (AvgIpc) is 3.43. The minimum Gasteiger partial charge on any atom is -0.495 e. The van der Waals surface area contributed by atoms with Gasteiger partial charge in [0.25, 0.3) is 5.56 Å². The van der Waals surface area contributed by atoms with Gasteiger partial charge in [0.2, 0.25) is 17.7 Å². The fourth-order valence-corrected chi connectivity index (χ4v) is 4.91. The number of halogens is 2. The van der Waals surface area contributed by atoms with Crippen LogP contribution in [0.2, 0.25) is 10.0 Å². The molecule has 214 valence electrons. The maximum absolute atomic E-state index is 13.5. The van der Waals surface area contributed by atoms with Gasteiger partial charge < -0.3 is 20.1 Å². The number of aromatic nitrogens is 7. The van der Waals surface area contributed by atoms with E-state index in [0.29, 0.717) is 45.3 Å². The van der Waals surface area contributed by atoms with E-state index in [9.17, 15) is 9.59 Å². The molecule has 2 N–H and O–H groups in total. The summed E-state index contributed by atoms with van der Waals surface area (Å²) >= 11 is 13.2. The van der Waals surface area contributed by atoms with Crippen LogP contribution < -0.4 is 25.7 Å². The van der Waals surface area contributed by atoms with Crippen molar-refractivity contribution in [2.45, 2.75) is 0 Å². The number of carbonyl (C=O) groups is 1. The second-order valence-electron chi connectivity index (χ2n) is 8.86. The first-order valence-corrected chi connectivity index (χ1v) is 13.0. The van der Waals surface area contributed by atoms with Crippen molar-refractivity contribution in [3.05, 3.63) is 69.6 Å². The summed E-state index contributed by atoms with van der Waals surface area (Å²) in [6.07, 6.45) is 2.69. The van der Waals surface area contributed by atoms with Gasteiger partial charge in [-0.3, -0.25) is 14.2 Å². The van der Waals surface area contributed by atoms with Crippen LogP contribution in [-0.4, -0.2) is 54.9 Å². The van der Waals surface area contributed by atoms with Crippen molar-refractivity contribution in [1.29, 1.82) is 0 Å². The van der Waals surface area contributed by atoms with Crippen LogP contribution in [0.15, 0.2) is 54.0 Å². The van der Waals surface area contributed by atoms with Crippen LogP contribution in [-0.2, 0) is 18.9 Å². The SMILES string of the molecule is C=CC(=O)Nc1cc(-c2nnn(C)n2)ccc1Nc1ncc2cc(-c3c(Cl)c(OC)cc(OC)c3Cl)c(=O)n(C)c2n1. The summed E-state index contributed by atoms with van der Waals surface area (Å²) < 4.78 is 12.1. The van der Waals surface area contributed by atoms with Crippen molar-refractivity contribution in [1.82, 2.24) is 34.7 Å². The average molecular weight is 608 g/mol. The molecule has 5 aromatic rings. The van der Waals surface area contributed by atoms with Crippen LogP contribution >= 0.6 is 23.2 Å². The molecule has 0 bridgehead atoms. The molecule has 0 aliphatic heterocycles. The molecule has 15 heteroatoms. The van der Waals surface area contributed by atoms with Gasteiger partial charge in [-0.25, -0.2) is 4.98 Å². The molecule has 0 spiro atoms. The van der Waals surface area contributed by atoms with Crippen LogP contribution in [0, 0.1) is 0 Å². The molecule has 3 heterocycles. The number of aryl methyl sites for hydroxylation is 2. The van der Waals surface area contributed by atoms with E-state index in [4.69, 9.17) is 32.7 Å². The third kappa shape index (κ3) is 5.22. The number of rotatable bonds is 8. The smallest absolute Gasteiger partial charge is 0.259 e. The second kappa shape index (κ2) is 11.5. The summed E-state index contributed by atoms with van der Waals surface area (Å²) in [5.41, 5.74) is 1.89. The molecule has 3 aromatic heterocycles. The molecule has 0 radical (unpaired) electrons. The maximum atomic E-state index is 13.5. The van der Waals surface area contributed by atoms with Crippen molar-refractivity contribution < 1.29 is 14.3 Å². The molecule has 2 aromatic carbocycles. The molecule has 0 fully saturated rings. The van der Waals surface area contributed by atoms with Crippen LogP contribution in [0.5, 0.6) is 11.5 Å². The summed E-state index contributed by atoms with van der Waals surface area (Å²) in [6.45, 7) is 3.51. The topological polar surface area (TPSA) is 151 Å². The number of tetrazole rings is 1. The quantitative estimate of drug-likeness (QED) is 0.243. The Morgan fingerprint density at radius 3 is 2.38 bits per heavy atom. The number of nitrogens with one attached hydrogen (secondary N) is 2. The lowest BCUT2D eigenvalue weighted by atomic mass is 10.0. The predicted molar refractivity (Wildman–Crippen MR) is 160 cm³/mol. The molecule has 0 aliphatic rings. The van der Waals surface area contributed by atoms with E-state index in [0.717, 1.165) is 6.08 Å². The van der Waals surface area contributed by atoms with E-state index in [1.54, 1.807) is 50.6 Å². The summed E-state index contributed by atoms with van der Waals surface area (Å²) in [6, 6.07) is 8.29. The van der Waals surface area contributed by atoms with E-state index in [1.165, 1.54) is 23.6 Å². The Morgan fingerprint density at radius 1 is 1.05 bits per heavy atom. The van der Waals surface area contributed by atoms with Gasteiger partial charge in [0, 0.05) is 35.8 Å². The molecule has 0 atom stereocenters. The highest BCUT2D eigenvalue weighted by atomic mass is 35.5. The van der Waals surface area contributed by atoms with E-state index in [2.05, 4.69) is 42.6 Å². The van der Waals surface area contributed by atoms with Crippen molar-refractivity contribution in [2.75, 3.05) is 24.9 Å². The second-order valence-corrected chi connectivity index (χ2v) is 9.62. The van der Waals surface area contributed by atoms with Crippen molar-refractivity contribution in [3.63, 3.8) is 0 Å². The molecular formula is C27H23Cl2N9O4. The third-order valence-corrected chi connectivity index (χ3v) is 7.02. The standard InChI is InChI=1S/C27H23Cl2N9O4/c1-6-20(39)31-17-10-13(24-34-36-38(3)35-24)7-8-16(17)32-27-30-12-14-9-15(26(40)37(2)25(14)33-27)21-22(28)18(41-4)11-19(42-5)23(21)29/h6-12H,1H2,2-5H3,(H,31,39)(H,30,32,33). The Balaban J connectivity index is 1.57. The maximum Gasteiger partial charge on any atom is 0.259 e. The van der Waals surface area contributed by atoms with Crippen LogP contribution in [0.4, 0.5) is 17.3 Å². The molecule has 13 nitrogen and oxygen atoms in total. The van der Waals surface area contributed by atoms with E-state index in [-0.39, 0.29) is 27.1 Å². The number of hydrogen-bond acceptors (Lipinski definition) is 10. The lowest BCUT2D eigenvalue weighted by Gasteiger charge is -2.16. The number of hydrogen-bond donors (Lipinski definition) is 2. The number of fused-ring (bicyclic) bond motifs is 1. The van der Waals surface area contributed by atoms with Gasteiger partial charge >= 0.3 is 0 Å². The number of ether oxygens (including phenoxy) is 2. The van der Waals surface area contributed by atoms with E-state index >= 15 is 0 Å². The number of methoxy groups -OCH3 is 2. The highest BCUT2D eigenvalue weighted by molar-refractivity contribution is 6.41. The summed E-state index contributed by atoms with van der Waals surface area (Å²) in [4.78, 5) is 36.0. The first kappa shape index (κ1) is 28.5. The van der Waals surface area contributed by atoms with Crippen molar-refractivity contribution >= 4 is 57.5 Å². The minimum absolute atomic E-state index is 0.160. The van der Waals surface area contributed by atoms with Crippen LogP contribution in [0.25, 0.3) is 33.5 Å². The summed E-state index contributed by atoms with van der Waals surface area (Å²) in [7, 11) is 6.13. The van der Waals surface area contributed by atoms with Gasteiger partial charge in [0.1, 0.15) is 17.1 Å². The lowest BCUT2D eigenvalue weighted by Crippen LogP contribution is -2.20. The molecule has 1 amide bonds. The van der Waals surface area contributed by atoms with Gasteiger partial charge in [-0.05, 0) is 35.6 Å². The molecule has 0 saturated heterocycles. The van der Waals surface area contributed by atoms with Gasteiger partial charge in [0.15, 0.2) is 0 Å². The number of pyridine rings is 1. The van der Waals surface area contributed by atoms with Crippen LogP contribution in [0.3, 0.4) is 0 Å². The first-order chi connectivity index (χ1) is 20.1. The number of nitrogens with zero attached hydrogens (tertiary/aromatic N) is 7. The van der Waals surface area contributed by atoms with E-state index in [1.807, 2.05) is 0 Å². The molecule has 0 unspecified atom stereocenters. The Labute approximate surface area is 248 Å². The fourth-order valence-electron chi connectivity index (χ4n) is 4.21. The predicted octanol–water partition coefficient (Wildman–Crippen LogP) is 4.38. The zero-order valence-corrected chi connectivity index (χ0v) is 24.3. The van der Waals surface area contributed by atoms with E-state index < -0.39 is 11.5 Å². The first-order valence-electron chi connectivity index (χ1n) is 12.2. The molecular weight excluding hydrogens is 585 g/mol. The normalized spacial score (nSPS) is 10.9. The number of anilines is 3. The van der Waals surface area contributed by atoms with Gasteiger partial charge in [0.05, 0.1) is 48.3 Å². The van der Waals surface area contributed by atoms with Crippen molar-refractivity contribution in [3.8, 4) is 34.0 Å². The zero-order valence-electron chi connectivity index (χ0n) is 22.8.